The number of hydrogen-bond acceptors (Lipinski definition) is 5. The van der Waals surface area contributed by atoms with Crippen molar-refractivity contribution >= 4 is 17.6 Å². The van der Waals surface area contributed by atoms with E-state index in [1.165, 1.54) is 24.1 Å². The number of nitrogens with zero attached hydrogens (tertiary/aromatic N) is 4. The van der Waals surface area contributed by atoms with E-state index in [4.69, 9.17) is 16.9 Å². The maximum atomic E-state index is 12.0. The molecule has 0 radical (unpaired) electrons. The molecule has 0 aliphatic heterocycles. The lowest BCUT2D eigenvalue weighted by Gasteiger charge is -2.21. The Labute approximate surface area is 123 Å². The number of esters is 1. The van der Waals surface area contributed by atoms with Gasteiger partial charge in [-0.1, -0.05) is 5.92 Å². The highest BCUT2D eigenvalue weighted by Gasteiger charge is 2.37. The fourth-order valence-corrected chi connectivity index (χ4v) is 1.42. The summed E-state index contributed by atoms with van der Waals surface area (Å²) in [5, 5.41) is 7.99. The van der Waals surface area contributed by atoms with E-state index in [0.29, 0.717) is 5.82 Å². The molecule has 1 heterocycles. The third-order valence-corrected chi connectivity index (χ3v) is 2.77. The van der Waals surface area contributed by atoms with Crippen molar-refractivity contribution in [1.82, 2.24) is 15.0 Å². The van der Waals surface area contributed by atoms with Crippen LogP contribution in [0.25, 0.3) is 5.82 Å². The number of nitrogens with two attached hydrogens (primary N) is 1. The second-order valence-corrected chi connectivity index (χ2v) is 4.63. The largest absolute Gasteiger partial charge is 0.465 e. The Balaban J connectivity index is 3.26. The van der Waals surface area contributed by atoms with Crippen LogP contribution in [-0.2, 0) is 9.53 Å². The van der Waals surface area contributed by atoms with Crippen LogP contribution in [0, 0.1) is 17.8 Å². The predicted molar refractivity (Wildman–Crippen MR) is 79.8 cm³/mol. The number of terminal acetylenes is 1. The number of carbonyl (C=O) groups excluding carboxylic acids is 1. The van der Waals surface area contributed by atoms with E-state index in [1.54, 1.807) is 6.92 Å². The highest BCUT2D eigenvalue weighted by Crippen LogP contribution is 2.20. The minimum absolute atomic E-state index is 0.0445. The van der Waals surface area contributed by atoms with E-state index >= 15 is 0 Å². The van der Waals surface area contributed by atoms with Gasteiger partial charge in [-0.15, -0.1) is 11.2 Å². The molecule has 0 aliphatic carbocycles. The van der Waals surface area contributed by atoms with Gasteiger partial charge in [-0.2, -0.15) is 10.2 Å². The third kappa shape index (κ3) is 3.48. The molecule has 7 nitrogen and oxygen atoms in total. The number of hydrogen-bond donors (Lipinski definition) is 1. The summed E-state index contributed by atoms with van der Waals surface area (Å²) in [4.78, 5) is 17.5. The molecule has 1 aromatic rings. The lowest BCUT2D eigenvalue weighted by atomic mass is 9.90. The molecule has 112 valence electrons. The molecular formula is C14H19N5O2. The van der Waals surface area contributed by atoms with E-state index < -0.39 is 11.4 Å². The minimum Gasteiger partial charge on any atom is -0.465 e. The van der Waals surface area contributed by atoms with Gasteiger partial charge in [0.15, 0.2) is 11.2 Å². The van der Waals surface area contributed by atoms with E-state index in [2.05, 4.69) is 21.1 Å². The fourth-order valence-electron chi connectivity index (χ4n) is 1.42. The summed E-state index contributed by atoms with van der Waals surface area (Å²) >= 11 is 0. The van der Waals surface area contributed by atoms with Crippen molar-refractivity contribution in [1.29, 1.82) is 0 Å². The molecule has 1 unspecified atom stereocenters. The van der Waals surface area contributed by atoms with Gasteiger partial charge in [0.25, 0.3) is 0 Å². The molecule has 0 bridgehead atoms. The van der Waals surface area contributed by atoms with Crippen LogP contribution in [-0.4, -0.2) is 33.4 Å². The third-order valence-electron chi connectivity index (χ3n) is 2.77. The molecule has 0 saturated carbocycles. The maximum Gasteiger partial charge on any atom is 0.331 e. The zero-order valence-corrected chi connectivity index (χ0v) is 12.6. The average Bonchev–Trinajstić information content (AvgIpc) is 2.97. The zero-order valence-electron chi connectivity index (χ0n) is 12.6. The number of ether oxygens (including phenoxy) is 1. The summed E-state index contributed by atoms with van der Waals surface area (Å²) in [7, 11) is 0. The van der Waals surface area contributed by atoms with Crippen LogP contribution >= 0.6 is 0 Å². The highest BCUT2D eigenvalue weighted by molar-refractivity contribution is 6.08. The maximum absolute atomic E-state index is 12.0. The van der Waals surface area contributed by atoms with Crippen molar-refractivity contribution in [3.8, 4) is 12.3 Å². The molecule has 2 N–H and O–H groups in total. The summed E-state index contributed by atoms with van der Waals surface area (Å²) in [5.41, 5.74) is 5.32. The summed E-state index contributed by atoms with van der Waals surface area (Å²) in [5.74, 6) is 2.10. The van der Waals surface area contributed by atoms with E-state index in [9.17, 15) is 4.79 Å². The van der Waals surface area contributed by atoms with Crippen LogP contribution in [0.5, 0.6) is 0 Å². The minimum atomic E-state index is -1.44. The standard InChI is InChI=1S/C14H19N5O2/c1-6-14(5,13(20)21-7-2)12(15)18-11(10(3)4)19-16-8-9-17-19/h1,8-9H,7H2,2-5H3,(H2,15,18). The summed E-state index contributed by atoms with van der Waals surface area (Å²) in [6, 6.07) is 0. The van der Waals surface area contributed by atoms with Gasteiger partial charge in [0.1, 0.15) is 5.84 Å². The number of aromatic nitrogens is 3. The van der Waals surface area contributed by atoms with Crippen LogP contribution in [0.1, 0.15) is 27.7 Å². The molecule has 0 spiro atoms. The van der Waals surface area contributed by atoms with Crippen molar-refractivity contribution in [2.75, 3.05) is 6.61 Å². The lowest BCUT2D eigenvalue weighted by molar-refractivity contribution is -0.147. The molecule has 0 fully saturated rings. The first kappa shape index (κ1) is 16.4. The number of rotatable bonds is 5. The second-order valence-electron chi connectivity index (χ2n) is 4.63. The second kappa shape index (κ2) is 6.70. The van der Waals surface area contributed by atoms with Crippen LogP contribution < -0.4 is 5.73 Å². The molecule has 0 aliphatic rings. The molecule has 7 heteroatoms. The Kier molecular flexibility index (Phi) is 5.24. The van der Waals surface area contributed by atoms with Gasteiger partial charge in [-0.05, 0) is 33.3 Å². The van der Waals surface area contributed by atoms with E-state index in [-0.39, 0.29) is 12.4 Å². The number of allylic oxidation sites excluding steroid dienone is 1. The van der Waals surface area contributed by atoms with Gasteiger partial charge in [-0.3, -0.25) is 0 Å². The molecule has 1 aromatic heterocycles. The molecular weight excluding hydrogens is 270 g/mol. The normalized spacial score (nSPS) is 14.0. The van der Waals surface area contributed by atoms with Gasteiger partial charge in [0, 0.05) is 0 Å². The van der Waals surface area contributed by atoms with Gasteiger partial charge < -0.3 is 10.5 Å². The Hall–Kier alpha value is -2.62. The number of carbonyl (C=O) groups is 1. The first-order valence-electron chi connectivity index (χ1n) is 6.40. The average molecular weight is 289 g/mol. The van der Waals surface area contributed by atoms with Crippen LogP contribution in [0.3, 0.4) is 0 Å². The van der Waals surface area contributed by atoms with Crippen LogP contribution in [0.15, 0.2) is 23.0 Å². The summed E-state index contributed by atoms with van der Waals surface area (Å²) < 4.78 is 4.96. The highest BCUT2D eigenvalue weighted by atomic mass is 16.5. The quantitative estimate of drug-likeness (QED) is 0.378. The molecule has 0 aromatic carbocycles. The smallest absolute Gasteiger partial charge is 0.331 e. The monoisotopic (exact) mass is 289 g/mol. The van der Waals surface area contributed by atoms with Crippen molar-refractivity contribution < 1.29 is 9.53 Å². The first-order chi connectivity index (χ1) is 9.86. The Bertz CT molecular complexity index is 606. The van der Waals surface area contributed by atoms with Crippen LogP contribution in [0.2, 0.25) is 0 Å². The molecule has 0 saturated heterocycles. The summed E-state index contributed by atoms with van der Waals surface area (Å²) in [6.45, 7) is 7.04. The lowest BCUT2D eigenvalue weighted by Crippen LogP contribution is -2.41. The molecule has 1 atom stereocenters. The Morgan fingerprint density at radius 3 is 2.48 bits per heavy atom. The SMILES string of the molecule is C#CC(C)(C(=O)OCC)/C(N)=N\C(=C(C)C)n1nccn1. The topological polar surface area (TPSA) is 95.4 Å². The van der Waals surface area contributed by atoms with Gasteiger partial charge in [0.05, 0.1) is 19.0 Å². The zero-order chi connectivity index (χ0) is 16.0. The van der Waals surface area contributed by atoms with Crippen LogP contribution in [0.4, 0.5) is 0 Å². The molecule has 0 amide bonds. The number of amidine groups is 1. The van der Waals surface area contributed by atoms with E-state index in [1.807, 2.05) is 13.8 Å². The van der Waals surface area contributed by atoms with Crippen molar-refractivity contribution in [3.05, 3.63) is 18.0 Å². The molecule has 1 rings (SSSR count). The van der Waals surface area contributed by atoms with E-state index in [0.717, 1.165) is 5.57 Å². The Morgan fingerprint density at radius 1 is 1.48 bits per heavy atom. The van der Waals surface area contributed by atoms with Gasteiger partial charge in [0.2, 0.25) is 0 Å². The molecule has 21 heavy (non-hydrogen) atoms. The van der Waals surface area contributed by atoms with Gasteiger partial charge >= 0.3 is 5.97 Å². The van der Waals surface area contributed by atoms with Crippen molar-refractivity contribution in [2.45, 2.75) is 27.7 Å². The number of aliphatic imine (C=N–C) groups is 1. The predicted octanol–water partition coefficient (Wildman–Crippen LogP) is 1.05. The van der Waals surface area contributed by atoms with Crippen molar-refractivity contribution in [2.24, 2.45) is 16.1 Å². The van der Waals surface area contributed by atoms with Gasteiger partial charge in [-0.25, -0.2) is 9.79 Å². The summed E-state index contributed by atoms with van der Waals surface area (Å²) in [6.07, 6.45) is 8.47. The Morgan fingerprint density at radius 2 is 2.05 bits per heavy atom. The first-order valence-corrected chi connectivity index (χ1v) is 6.40. The fraction of sp³-hybridized carbons (Fsp3) is 0.429. The van der Waals surface area contributed by atoms with Crippen molar-refractivity contribution in [3.63, 3.8) is 0 Å².